The van der Waals surface area contributed by atoms with Crippen LogP contribution in [0.15, 0.2) is 146 Å². The summed E-state index contributed by atoms with van der Waals surface area (Å²) in [6, 6.07) is 46.8. The van der Waals surface area contributed by atoms with Crippen molar-refractivity contribution in [2.24, 2.45) is 0 Å². The summed E-state index contributed by atoms with van der Waals surface area (Å²) in [6.07, 6.45) is 0. The Morgan fingerprint density at radius 1 is 0.306 bits per heavy atom. The van der Waals surface area contributed by atoms with E-state index in [2.05, 4.69) is 76.2 Å². The lowest BCUT2D eigenvalue weighted by Gasteiger charge is -2.29. The van der Waals surface area contributed by atoms with Crippen molar-refractivity contribution in [2.75, 3.05) is 0 Å². The molecule has 0 radical (unpaired) electrons. The van der Waals surface area contributed by atoms with Crippen LogP contribution in [-0.2, 0) is 10.8 Å². The van der Waals surface area contributed by atoms with Gasteiger partial charge in [0.2, 0.25) is 0 Å². The van der Waals surface area contributed by atoms with Gasteiger partial charge in [0, 0.05) is 10.8 Å². The van der Waals surface area contributed by atoms with E-state index in [4.69, 9.17) is 0 Å². The third kappa shape index (κ3) is 7.39. The van der Waals surface area contributed by atoms with E-state index < -0.39 is 0 Å². The van der Waals surface area contributed by atoms with Gasteiger partial charge < -0.3 is 20.4 Å². The van der Waals surface area contributed by atoms with E-state index in [1.165, 1.54) is 22.3 Å². The van der Waals surface area contributed by atoms with E-state index in [0.717, 1.165) is 32.7 Å². The number of phenolic OH excluding ortho intramolecular Hbond substituents is 4. The molecule has 7 rings (SSSR count). The summed E-state index contributed by atoms with van der Waals surface area (Å²) in [6.45, 7) is 8.78. The Labute approximate surface area is 289 Å². The maximum atomic E-state index is 9.54. The fraction of sp³-hybridized carbons (Fsp3) is 0.156. The maximum Gasteiger partial charge on any atom is 0.116 e. The Bertz CT molecular complexity index is 2030. The first-order valence-electron chi connectivity index (χ1n) is 16.1. The van der Waals surface area contributed by atoms with Crippen molar-refractivity contribution < 1.29 is 20.4 Å². The van der Waals surface area contributed by atoms with Crippen LogP contribution in [-0.4, -0.2) is 20.4 Å². The Hall–Kier alpha value is -5.74. The van der Waals surface area contributed by atoms with E-state index in [1.54, 1.807) is 48.5 Å². The fourth-order valence-electron chi connectivity index (χ4n) is 6.22. The molecule has 0 bridgehead atoms. The smallest absolute Gasteiger partial charge is 0.116 e. The molecule has 4 N–H and O–H groups in total. The Balaban J connectivity index is 0.000000189. The van der Waals surface area contributed by atoms with Crippen molar-refractivity contribution in [2.45, 2.75) is 46.0 Å². The normalized spacial score (nSPS) is 11.4. The zero-order valence-electron chi connectivity index (χ0n) is 27.6. The van der Waals surface area contributed by atoms with Crippen molar-refractivity contribution >= 4 is 21.5 Å². The van der Waals surface area contributed by atoms with Gasteiger partial charge in [-0.3, -0.25) is 0 Å². The lowest BCUT2D eigenvalue weighted by Crippen LogP contribution is -2.21. The summed E-state index contributed by atoms with van der Waals surface area (Å²) in [5.41, 5.74) is 6.77. The molecule has 0 saturated carbocycles. The highest BCUT2D eigenvalue weighted by Gasteiger charge is 2.26. The van der Waals surface area contributed by atoms with Gasteiger partial charge in [-0.15, -0.1) is 0 Å². The van der Waals surface area contributed by atoms with E-state index in [-0.39, 0.29) is 41.3 Å². The number of aromatic hydroxyl groups is 4. The predicted octanol–water partition coefficient (Wildman–Crippen LogP) is 11.5. The van der Waals surface area contributed by atoms with Crippen LogP contribution in [0.4, 0.5) is 0 Å². The highest BCUT2D eigenvalue weighted by molar-refractivity contribution is 5.92. The molecule has 0 aliphatic carbocycles. The van der Waals surface area contributed by atoms with E-state index in [0.29, 0.717) is 0 Å². The van der Waals surface area contributed by atoms with Gasteiger partial charge in [0.25, 0.3) is 0 Å². The molecule has 4 nitrogen and oxygen atoms in total. The second-order valence-electron chi connectivity index (χ2n) is 13.4. The molecule has 4 heteroatoms. The van der Waals surface area contributed by atoms with Crippen LogP contribution in [0.5, 0.6) is 23.0 Å². The minimum atomic E-state index is -0.144. The molecule has 49 heavy (non-hydrogen) atoms. The van der Waals surface area contributed by atoms with Crippen LogP contribution in [0.3, 0.4) is 0 Å². The molecule has 0 aliphatic rings. The Morgan fingerprint density at radius 2 is 0.551 bits per heavy atom. The highest BCUT2D eigenvalue weighted by atomic mass is 16.3. The van der Waals surface area contributed by atoms with Gasteiger partial charge >= 0.3 is 0 Å². The van der Waals surface area contributed by atoms with Crippen LogP contribution in [0, 0.1) is 0 Å². The number of hydrogen-bond acceptors (Lipinski definition) is 4. The molecule has 0 aliphatic heterocycles. The van der Waals surface area contributed by atoms with Gasteiger partial charge in [0.05, 0.1) is 0 Å². The molecule has 0 unspecified atom stereocenters. The maximum absolute atomic E-state index is 9.54. The SMILES string of the molecule is C.CC(C)(c1ccc(O)cc1)c1ccc(C(C)(C)c2ccc(O)cc2)cc1.Oc1ccc2cc(-c3ccc4cc(O)ccc4c3)ccc2c1. The van der Waals surface area contributed by atoms with Gasteiger partial charge in [-0.05, 0) is 116 Å². The molecular formula is C45H44O4. The first kappa shape index (κ1) is 34.6. The summed E-state index contributed by atoms with van der Waals surface area (Å²) < 4.78 is 0. The van der Waals surface area contributed by atoms with E-state index in [9.17, 15) is 20.4 Å². The van der Waals surface area contributed by atoms with Gasteiger partial charge in [-0.25, -0.2) is 0 Å². The molecule has 0 heterocycles. The number of hydrogen-bond donors (Lipinski definition) is 4. The van der Waals surface area contributed by atoms with Crippen molar-refractivity contribution in [1.82, 2.24) is 0 Å². The molecule has 0 atom stereocenters. The summed E-state index contributed by atoms with van der Waals surface area (Å²) in [5.74, 6) is 1.14. The summed E-state index contributed by atoms with van der Waals surface area (Å²) >= 11 is 0. The standard InChI is InChI=1S/C24H26O2.C20H14O2.CH4/c1-23(2,19-9-13-21(25)14-10-19)17-5-7-18(8-6-17)24(3,4)20-11-15-22(26)16-12-20;21-19-7-5-15-9-13(1-3-17(15)11-19)14-2-4-18-12-20(22)8-6-16(18)10-14;/h5-16,25-26H,1-4H3;1-12,21-22H;1H4. The van der Waals surface area contributed by atoms with Gasteiger partial charge in [0.1, 0.15) is 23.0 Å². The first-order valence-corrected chi connectivity index (χ1v) is 16.1. The minimum Gasteiger partial charge on any atom is -0.508 e. The van der Waals surface area contributed by atoms with Gasteiger partial charge in [-0.2, -0.15) is 0 Å². The largest absolute Gasteiger partial charge is 0.508 e. The van der Waals surface area contributed by atoms with Crippen LogP contribution < -0.4 is 0 Å². The zero-order valence-corrected chi connectivity index (χ0v) is 27.6. The molecule has 248 valence electrons. The molecule has 7 aromatic rings. The summed E-state index contributed by atoms with van der Waals surface area (Å²) in [7, 11) is 0. The fourth-order valence-corrected chi connectivity index (χ4v) is 6.22. The van der Waals surface area contributed by atoms with Crippen molar-refractivity contribution in [3.8, 4) is 34.1 Å². The topological polar surface area (TPSA) is 80.9 Å². The number of rotatable bonds is 5. The number of benzene rings is 7. The third-order valence-corrected chi connectivity index (χ3v) is 9.49. The lowest BCUT2D eigenvalue weighted by atomic mass is 9.74. The van der Waals surface area contributed by atoms with Crippen molar-refractivity contribution in [1.29, 1.82) is 0 Å². The summed E-state index contributed by atoms with van der Waals surface area (Å²) in [5, 5.41) is 42.4. The molecule has 0 fully saturated rings. The predicted molar refractivity (Wildman–Crippen MR) is 204 cm³/mol. The third-order valence-electron chi connectivity index (χ3n) is 9.49. The number of fused-ring (bicyclic) bond motifs is 2. The molecule has 7 aromatic carbocycles. The van der Waals surface area contributed by atoms with Gasteiger partial charge in [-0.1, -0.05) is 120 Å². The molecule has 0 aromatic heterocycles. The average Bonchev–Trinajstić information content (AvgIpc) is 3.08. The van der Waals surface area contributed by atoms with Crippen LogP contribution >= 0.6 is 0 Å². The van der Waals surface area contributed by atoms with Crippen LogP contribution in [0.25, 0.3) is 32.7 Å². The van der Waals surface area contributed by atoms with E-state index in [1.807, 2.05) is 48.5 Å². The zero-order chi connectivity index (χ0) is 34.1. The molecular weight excluding hydrogens is 604 g/mol. The van der Waals surface area contributed by atoms with Gasteiger partial charge in [0.15, 0.2) is 0 Å². The Kier molecular flexibility index (Phi) is 9.73. The molecule has 0 spiro atoms. The highest BCUT2D eigenvalue weighted by Crippen LogP contribution is 2.36. The van der Waals surface area contributed by atoms with Crippen molar-refractivity contribution in [3.63, 3.8) is 0 Å². The average molecular weight is 649 g/mol. The van der Waals surface area contributed by atoms with Crippen molar-refractivity contribution in [3.05, 3.63) is 168 Å². The lowest BCUT2D eigenvalue weighted by molar-refractivity contribution is 0.473. The monoisotopic (exact) mass is 648 g/mol. The Morgan fingerprint density at radius 3 is 0.878 bits per heavy atom. The quantitative estimate of drug-likeness (QED) is 0.150. The minimum absolute atomic E-state index is 0. The van der Waals surface area contributed by atoms with E-state index >= 15 is 0 Å². The molecule has 0 amide bonds. The number of phenols is 4. The first-order chi connectivity index (χ1) is 22.9. The second kappa shape index (κ2) is 13.8. The molecule has 0 saturated heterocycles. The summed E-state index contributed by atoms with van der Waals surface area (Å²) in [4.78, 5) is 0. The van der Waals surface area contributed by atoms with Crippen LogP contribution in [0.2, 0.25) is 0 Å². The van der Waals surface area contributed by atoms with Crippen LogP contribution in [0.1, 0.15) is 57.4 Å². The second-order valence-corrected chi connectivity index (χ2v) is 13.4.